The van der Waals surface area contributed by atoms with Crippen molar-refractivity contribution in [1.82, 2.24) is 0 Å². The van der Waals surface area contributed by atoms with Gasteiger partial charge in [-0.1, -0.05) is 263 Å². The van der Waals surface area contributed by atoms with Crippen molar-refractivity contribution >= 4 is 0 Å². The van der Waals surface area contributed by atoms with Gasteiger partial charge in [0.1, 0.15) is 0 Å². The Morgan fingerprint density at radius 1 is 0.264 bits per heavy atom. The van der Waals surface area contributed by atoms with Crippen LogP contribution in [0.15, 0.2) is 0 Å². The zero-order valence-electron chi connectivity index (χ0n) is 64.3. The molecule has 91 heavy (non-hydrogen) atoms. The van der Waals surface area contributed by atoms with Crippen LogP contribution in [0.1, 0.15) is 295 Å². The average molecular weight is 1240 g/mol. The van der Waals surface area contributed by atoms with Gasteiger partial charge in [-0.2, -0.15) is 0 Å². The Morgan fingerprint density at radius 2 is 0.703 bits per heavy atom. The number of hydrogen-bond donors (Lipinski definition) is 0. The van der Waals surface area contributed by atoms with Gasteiger partial charge in [0.2, 0.25) is 0 Å². The molecule has 46 unspecified atom stereocenters. The van der Waals surface area contributed by atoms with Crippen molar-refractivity contribution in [1.29, 1.82) is 0 Å². The Labute approximate surface area is 561 Å². The number of hydrogen-bond acceptors (Lipinski definition) is 0. The van der Waals surface area contributed by atoms with E-state index < -0.39 is 0 Å². The summed E-state index contributed by atoms with van der Waals surface area (Å²) in [6.07, 6.45) is 28.0. The molecule has 0 bridgehead atoms. The van der Waals surface area contributed by atoms with Crippen LogP contribution in [0.25, 0.3) is 0 Å². The summed E-state index contributed by atoms with van der Waals surface area (Å²) in [5, 5.41) is 0. The van der Waals surface area contributed by atoms with Crippen LogP contribution in [-0.4, -0.2) is 0 Å². The van der Waals surface area contributed by atoms with Crippen molar-refractivity contribution in [2.24, 2.45) is 270 Å². The minimum absolute atomic E-state index is 0.509. The molecule has 0 heteroatoms. The van der Waals surface area contributed by atoms with E-state index in [1.165, 1.54) is 126 Å². The maximum atomic E-state index is 3.23. The summed E-state index contributed by atoms with van der Waals surface area (Å²) in [5.41, 5.74) is 10.5. The molecule has 20 saturated carbocycles. The highest BCUT2D eigenvalue weighted by Gasteiger charge is 3.43. The first kappa shape index (κ1) is 60.9. The quantitative estimate of drug-likeness (QED) is 0.227. The third-order valence-corrected chi connectivity index (χ3v) is 48.8. The topological polar surface area (TPSA) is 0 Å². The van der Waals surface area contributed by atoms with Crippen LogP contribution >= 0.6 is 0 Å². The molecule has 20 aliphatic rings. The molecule has 20 fully saturated rings. The second-order valence-corrected chi connectivity index (χ2v) is 43.9. The fourth-order valence-electron chi connectivity index (χ4n) is 48.3. The van der Waals surface area contributed by atoms with Crippen molar-refractivity contribution < 1.29 is 0 Å². The van der Waals surface area contributed by atoms with E-state index >= 15 is 0 Å². The van der Waals surface area contributed by atoms with Crippen LogP contribution in [0, 0.1) is 270 Å². The van der Waals surface area contributed by atoms with Crippen molar-refractivity contribution in [3.8, 4) is 0 Å². The zero-order valence-corrected chi connectivity index (χ0v) is 64.3. The van der Waals surface area contributed by atoms with Gasteiger partial charge >= 0.3 is 0 Å². The molecular formula is C91H144. The van der Waals surface area contributed by atoms with E-state index in [-0.39, 0.29) is 0 Å². The molecule has 0 saturated heterocycles. The first-order valence-corrected chi connectivity index (χ1v) is 43.1. The van der Waals surface area contributed by atoms with Crippen molar-refractivity contribution in [3.05, 3.63) is 0 Å². The molecule has 0 nitrogen and oxygen atoms in total. The normalized spacial score (nSPS) is 75.5. The fourth-order valence-corrected chi connectivity index (χ4v) is 48.3. The van der Waals surface area contributed by atoms with E-state index in [9.17, 15) is 0 Å². The summed E-state index contributed by atoms with van der Waals surface area (Å²) in [5.74, 6) is 29.1. The molecule has 0 aromatic rings. The summed E-state index contributed by atoms with van der Waals surface area (Å²) in [6, 6.07) is 0. The predicted molar refractivity (Wildman–Crippen MR) is 377 cm³/mol. The monoisotopic (exact) mass is 1240 g/mol. The third-order valence-electron chi connectivity index (χ3n) is 48.8. The molecule has 0 N–H and O–H groups in total. The Hall–Kier alpha value is 0. The van der Waals surface area contributed by atoms with Crippen molar-refractivity contribution in [3.63, 3.8) is 0 Å². The predicted octanol–water partition coefficient (Wildman–Crippen LogP) is 24.1. The van der Waals surface area contributed by atoms with E-state index in [2.05, 4.69) is 173 Å². The fraction of sp³-hybridized carbons (Fsp3) is 1.00. The summed E-state index contributed by atoms with van der Waals surface area (Å²) in [4.78, 5) is 0. The molecule has 0 aliphatic heterocycles. The molecule has 8 spiro atoms. The Bertz CT molecular complexity index is 3200. The van der Waals surface area contributed by atoms with Crippen LogP contribution in [0.4, 0.5) is 0 Å². The van der Waals surface area contributed by atoms with E-state index in [0.29, 0.717) is 48.7 Å². The van der Waals surface area contributed by atoms with Gasteiger partial charge in [0.15, 0.2) is 0 Å². The molecule has 508 valence electrons. The van der Waals surface area contributed by atoms with Crippen LogP contribution in [0.2, 0.25) is 0 Å². The molecule has 0 aromatic carbocycles. The SMILES string of the molecule is CCC1CCCC(C2CC(C)C(C)CCCCCCC3C4C(C2C)C2(C)C45C3C3C4C6C7C8C9[C@@H]%10CC%11C(C)C%12(C)C%11%10C9%10C%12(C)C9(C)C%11(C)C%12(C)C%13(C)C2(C)C35C4%13C6%12C7%11C89%10)C(C)C(C)C(C)C(C)C(C)C(C)CC(CC)C(CC)C(CC)C(CC)C(CC)C1CC. The standard InChI is InChI=1S/C91H144/c1-26-55-39-37-41-62(52(15)51(14)50(13)49(12)48(11)47(10)42-56(27-2)58(29-4)60(31-6)61(32-7)59(30-5)57(55)28-3)64-43-46(9)45(8)38-35-33-34-36-40-63-68-67(53(64)16)77(19)79(21)81(23)83(25)82(24)80(22)78(20)76(18)54(17)65-44-66-70-72-74-75-73-71-69(63)85(68,77)87(71,79)89(73,81)91(75,83)90(74,82)88(72,80)86(70,78)84(65,66)76/h45-75H,26-44H2,1-25H3/t45?,46?,47?,48?,49?,50?,51?,52?,53?,54?,55?,56?,57?,58?,59?,60?,61?,62?,63?,64?,65?,66-,67?,68?,69?,70?,71?,72?,73?,74?,75?,76?,77?,78?,79?,80?,81?,82?,83?,84?,85?,86?,87?,88?,89?,90?,91?/m0/s1. The van der Waals surface area contributed by atoms with Gasteiger partial charge in [0.25, 0.3) is 0 Å². The summed E-state index contributed by atoms with van der Waals surface area (Å²) in [7, 11) is 0. The average Bonchev–Trinajstić information content (AvgIpc) is 0.473. The van der Waals surface area contributed by atoms with Gasteiger partial charge in [0.05, 0.1) is 0 Å². The Kier molecular flexibility index (Phi) is 11.0. The molecule has 0 radical (unpaired) electrons. The molecule has 0 amide bonds. The molecule has 0 heterocycles. The van der Waals surface area contributed by atoms with E-state index in [4.69, 9.17) is 0 Å². The Balaban J connectivity index is 0.694. The maximum absolute atomic E-state index is 3.23. The lowest BCUT2D eigenvalue weighted by atomic mass is 8.60. The van der Waals surface area contributed by atoms with Gasteiger partial charge in [-0.05, 0) is 302 Å². The largest absolute Gasteiger partial charge is 0.0651 e. The van der Waals surface area contributed by atoms with Gasteiger partial charge in [-0.3, -0.25) is 0 Å². The highest BCUT2D eigenvalue weighted by Crippen LogP contribution is 3.45. The lowest BCUT2D eigenvalue weighted by Crippen LogP contribution is -3.41. The Morgan fingerprint density at radius 3 is 1.26 bits per heavy atom. The summed E-state index contributed by atoms with van der Waals surface area (Å²) < 4.78 is 0. The van der Waals surface area contributed by atoms with Gasteiger partial charge in [0, 0.05) is 0 Å². The second kappa shape index (κ2) is 16.5. The minimum atomic E-state index is 0.509. The van der Waals surface area contributed by atoms with E-state index in [1.54, 1.807) is 19.3 Å². The van der Waals surface area contributed by atoms with Crippen molar-refractivity contribution in [2.75, 3.05) is 0 Å². The summed E-state index contributed by atoms with van der Waals surface area (Å²) >= 11 is 0. The van der Waals surface area contributed by atoms with Gasteiger partial charge in [-0.25, -0.2) is 0 Å². The molecular weight excluding hydrogens is 1090 g/mol. The van der Waals surface area contributed by atoms with Crippen molar-refractivity contribution in [2.45, 2.75) is 295 Å². The molecule has 47 atom stereocenters. The van der Waals surface area contributed by atoms with E-state index in [1.807, 2.05) is 0 Å². The highest BCUT2D eigenvalue weighted by atomic mass is 15.5. The minimum Gasteiger partial charge on any atom is -0.0651 e. The van der Waals surface area contributed by atoms with Crippen LogP contribution in [-0.2, 0) is 0 Å². The van der Waals surface area contributed by atoms with Crippen LogP contribution in [0.3, 0.4) is 0 Å². The lowest BCUT2D eigenvalue weighted by Gasteiger charge is -3.43. The molecule has 20 aliphatic carbocycles. The second-order valence-electron chi connectivity index (χ2n) is 43.9. The number of rotatable bonds is 8. The number of fused-ring (bicyclic) bond motifs is 16. The highest BCUT2D eigenvalue weighted by molar-refractivity contribution is 5.88. The lowest BCUT2D eigenvalue weighted by molar-refractivity contribution is -0.981. The van der Waals surface area contributed by atoms with Gasteiger partial charge in [-0.15, -0.1) is 0 Å². The smallest absolute Gasteiger partial charge is 0.00566 e. The zero-order chi connectivity index (χ0) is 64.3. The first-order valence-electron chi connectivity index (χ1n) is 43.1. The van der Waals surface area contributed by atoms with Gasteiger partial charge < -0.3 is 0 Å². The maximum Gasteiger partial charge on any atom is -0.00566 e. The van der Waals surface area contributed by atoms with Crippen LogP contribution in [0.5, 0.6) is 0 Å². The molecule has 0 aromatic heterocycles. The van der Waals surface area contributed by atoms with Crippen LogP contribution < -0.4 is 0 Å². The third kappa shape index (κ3) is 3.97. The first-order chi connectivity index (χ1) is 43.1. The summed E-state index contributed by atoms with van der Waals surface area (Å²) in [6.45, 7) is 72.2. The molecule has 20 rings (SSSR count). The van der Waals surface area contributed by atoms with E-state index in [0.717, 1.165) is 198 Å².